The van der Waals surface area contributed by atoms with E-state index in [4.69, 9.17) is 9.26 Å². The third-order valence-electron chi connectivity index (χ3n) is 4.30. The Bertz CT molecular complexity index is 613. The maximum absolute atomic E-state index is 5.37. The van der Waals surface area contributed by atoms with E-state index in [0.717, 1.165) is 18.7 Å². The maximum Gasteiger partial charge on any atom is 0.258 e. The highest BCUT2D eigenvalue weighted by molar-refractivity contribution is 5.60. The van der Waals surface area contributed by atoms with Gasteiger partial charge in [-0.1, -0.05) is 5.16 Å². The number of nitrogens with zero attached hydrogens (tertiary/aromatic N) is 3. The molecule has 1 aliphatic heterocycles. The van der Waals surface area contributed by atoms with Crippen molar-refractivity contribution in [1.82, 2.24) is 10.1 Å². The van der Waals surface area contributed by atoms with E-state index in [2.05, 4.69) is 39.3 Å². The molecule has 0 spiro atoms. The summed E-state index contributed by atoms with van der Waals surface area (Å²) in [4.78, 5) is 6.88. The van der Waals surface area contributed by atoms with Crippen LogP contribution in [0.1, 0.15) is 39.0 Å². The second-order valence-corrected chi connectivity index (χ2v) is 6.23. The molecule has 1 aromatic carbocycles. The molecule has 1 aromatic heterocycles. The summed E-state index contributed by atoms with van der Waals surface area (Å²) in [5.74, 6) is 1.09. The number of anilines is 1. The van der Waals surface area contributed by atoms with Crippen LogP contribution in [-0.4, -0.2) is 30.3 Å². The quantitative estimate of drug-likeness (QED) is 0.863. The van der Waals surface area contributed by atoms with E-state index >= 15 is 0 Å². The molecule has 5 heteroatoms. The van der Waals surface area contributed by atoms with Crippen molar-refractivity contribution < 1.29 is 9.26 Å². The minimum absolute atomic E-state index is 0.491. The SMILES string of the molecule is COC(C)(C)c1nc(-c2ccc(N3CCCCC3)cc2)no1. The number of hydrogen-bond donors (Lipinski definition) is 0. The lowest BCUT2D eigenvalue weighted by Crippen LogP contribution is -2.29. The fraction of sp³-hybridized carbons (Fsp3) is 0.529. The van der Waals surface area contributed by atoms with Gasteiger partial charge in [0.05, 0.1) is 0 Å². The normalized spacial score (nSPS) is 16.0. The van der Waals surface area contributed by atoms with Gasteiger partial charge in [0.1, 0.15) is 5.60 Å². The Morgan fingerprint density at radius 1 is 1.09 bits per heavy atom. The Morgan fingerprint density at radius 2 is 1.77 bits per heavy atom. The smallest absolute Gasteiger partial charge is 0.258 e. The first-order chi connectivity index (χ1) is 10.6. The van der Waals surface area contributed by atoms with Crippen LogP contribution in [0, 0.1) is 0 Å². The summed E-state index contributed by atoms with van der Waals surface area (Å²) in [6, 6.07) is 8.38. The average molecular weight is 301 g/mol. The minimum atomic E-state index is -0.570. The lowest BCUT2D eigenvalue weighted by molar-refractivity contribution is -0.00786. The van der Waals surface area contributed by atoms with Gasteiger partial charge in [-0.15, -0.1) is 0 Å². The molecule has 0 saturated carbocycles. The van der Waals surface area contributed by atoms with Crippen molar-refractivity contribution in [3.63, 3.8) is 0 Å². The number of methoxy groups -OCH3 is 1. The monoisotopic (exact) mass is 301 g/mol. The lowest BCUT2D eigenvalue weighted by Gasteiger charge is -2.28. The van der Waals surface area contributed by atoms with E-state index < -0.39 is 5.60 Å². The third kappa shape index (κ3) is 2.99. The van der Waals surface area contributed by atoms with Crippen molar-refractivity contribution in [3.8, 4) is 11.4 Å². The van der Waals surface area contributed by atoms with Crippen LogP contribution < -0.4 is 4.90 Å². The highest BCUT2D eigenvalue weighted by Gasteiger charge is 2.27. The first kappa shape index (κ1) is 15.0. The second kappa shape index (κ2) is 6.08. The molecule has 5 nitrogen and oxygen atoms in total. The molecule has 1 saturated heterocycles. The predicted molar refractivity (Wildman–Crippen MR) is 85.8 cm³/mol. The molecule has 0 bridgehead atoms. The summed E-state index contributed by atoms with van der Waals surface area (Å²) in [6.07, 6.45) is 3.90. The molecular weight excluding hydrogens is 278 g/mol. The third-order valence-corrected chi connectivity index (χ3v) is 4.30. The zero-order chi connectivity index (χ0) is 15.6. The molecule has 0 unspecified atom stereocenters. The molecule has 1 aliphatic rings. The van der Waals surface area contributed by atoms with Gasteiger partial charge in [0.2, 0.25) is 5.82 Å². The van der Waals surface area contributed by atoms with Crippen molar-refractivity contribution in [2.45, 2.75) is 38.7 Å². The summed E-state index contributed by atoms with van der Waals surface area (Å²) < 4.78 is 10.7. The van der Waals surface area contributed by atoms with Gasteiger partial charge in [0, 0.05) is 31.5 Å². The fourth-order valence-electron chi connectivity index (χ4n) is 2.65. The van der Waals surface area contributed by atoms with E-state index in [1.807, 2.05) is 13.8 Å². The summed E-state index contributed by atoms with van der Waals surface area (Å²) in [7, 11) is 1.64. The summed E-state index contributed by atoms with van der Waals surface area (Å²) in [6.45, 7) is 6.11. The zero-order valence-corrected chi connectivity index (χ0v) is 13.5. The zero-order valence-electron chi connectivity index (χ0n) is 13.5. The molecule has 0 radical (unpaired) electrons. The van der Waals surface area contributed by atoms with Gasteiger partial charge < -0.3 is 14.2 Å². The van der Waals surface area contributed by atoms with E-state index in [1.165, 1.54) is 24.9 Å². The van der Waals surface area contributed by atoms with Crippen molar-refractivity contribution in [2.24, 2.45) is 0 Å². The van der Waals surface area contributed by atoms with Gasteiger partial charge in [-0.25, -0.2) is 0 Å². The fourth-order valence-corrected chi connectivity index (χ4v) is 2.65. The molecule has 0 aliphatic carbocycles. The van der Waals surface area contributed by atoms with Crippen molar-refractivity contribution in [2.75, 3.05) is 25.1 Å². The number of hydrogen-bond acceptors (Lipinski definition) is 5. The Hall–Kier alpha value is -1.88. The number of rotatable bonds is 4. The number of benzene rings is 1. The van der Waals surface area contributed by atoms with E-state index in [9.17, 15) is 0 Å². The molecule has 118 valence electrons. The van der Waals surface area contributed by atoms with Crippen molar-refractivity contribution in [1.29, 1.82) is 0 Å². The number of aromatic nitrogens is 2. The summed E-state index contributed by atoms with van der Waals surface area (Å²) in [5, 5.41) is 4.06. The minimum Gasteiger partial charge on any atom is -0.372 e. The first-order valence-corrected chi connectivity index (χ1v) is 7.85. The Kier molecular flexibility index (Phi) is 4.16. The van der Waals surface area contributed by atoms with Gasteiger partial charge in [-0.3, -0.25) is 0 Å². The van der Waals surface area contributed by atoms with Crippen LogP contribution in [0.4, 0.5) is 5.69 Å². The van der Waals surface area contributed by atoms with Crippen LogP contribution in [0.2, 0.25) is 0 Å². The Labute approximate surface area is 131 Å². The molecule has 22 heavy (non-hydrogen) atoms. The molecular formula is C17H23N3O2. The molecule has 3 rings (SSSR count). The predicted octanol–water partition coefficient (Wildman–Crippen LogP) is 3.61. The van der Waals surface area contributed by atoms with Gasteiger partial charge in [-0.05, 0) is 57.4 Å². The maximum atomic E-state index is 5.37. The van der Waals surface area contributed by atoms with E-state index in [1.54, 1.807) is 7.11 Å². The van der Waals surface area contributed by atoms with Gasteiger partial charge >= 0.3 is 0 Å². The molecule has 2 heterocycles. The highest BCUT2D eigenvalue weighted by Crippen LogP contribution is 2.27. The van der Waals surface area contributed by atoms with Gasteiger partial charge in [0.25, 0.3) is 5.89 Å². The van der Waals surface area contributed by atoms with Crippen molar-refractivity contribution in [3.05, 3.63) is 30.2 Å². The summed E-state index contributed by atoms with van der Waals surface area (Å²) in [5.41, 5.74) is 1.66. The van der Waals surface area contributed by atoms with Crippen LogP contribution in [0.25, 0.3) is 11.4 Å². The second-order valence-electron chi connectivity index (χ2n) is 6.23. The van der Waals surface area contributed by atoms with Crippen LogP contribution >= 0.6 is 0 Å². The standard InChI is InChI=1S/C17H23N3O2/c1-17(2,21-3)16-18-15(19-22-16)13-7-9-14(10-8-13)20-11-5-4-6-12-20/h7-10H,4-6,11-12H2,1-3H3. The van der Waals surface area contributed by atoms with Gasteiger partial charge in [-0.2, -0.15) is 4.98 Å². The topological polar surface area (TPSA) is 51.4 Å². The molecule has 0 atom stereocenters. The van der Waals surface area contributed by atoms with Crippen LogP contribution in [0.15, 0.2) is 28.8 Å². The van der Waals surface area contributed by atoms with E-state index in [0.29, 0.717) is 11.7 Å². The number of ether oxygens (including phenoxy) is 1. The van der Waals surface area contributed by atoms with Gasteiger partial charge in [0.15, 0.2) is 0 Å². The Balaban J connectivity index is 1.78. The van der Waals surface area contributed by atoms with E-state index in [-0.39, 0.29) is 0 Å². The average Bonchev–Trinajstić information content (AvgIpc) is 3.07. The summed E-state index contributed by atoms with van der Waals surface area (Å²) >= 11 is 0. The van der Waals surface area contributed by atoms with Crippen LogP contribution in [-0.2, 0) is 10.3 Å². The highest BCUT2D eigenvalue weighted by atomic mass is 16.5. The Morgan fingerprint density at radius 3 is 2.41 bits per heavy atom. The number of piperidine rings is 1. The molecule has 0 amide bonds. The van der Waals surface area contributed by atoms with Crippen LogP contribution in [0.3, 0.4) is 0 Å². The van der Waals surface area contributed by atoms with Crippen LogP contribution in [0.5, 0.6) is 0 Å². The molecule has 2 aromatic rings. The van der Waals surface area contributed by atoms with Crippen molar-refractivity contribution >= 4 is 5.69 Å². The lowest BCUT2D eigenvalue weighted by atomic mass is 10.1. The molecule has 1 fully saturated rings. The largest absolute Gasteiger partial charge is 0.372 e. The first-order valence-electron chi connectivity index (χ1n) is 7.85. The molecule has 0 N–H and O–H groups in total.